The van der Waals surface area contributed by atoms with Crippen LogP contribution in [0.15, 0.2) is 35.7 Å². The van der Waals surface area contributed by atoms with Crippen LogP contribution in [0.5, 0.6) is 5.75 Å². The van der Waals surface area contributed by atoms with Crippen LogP contribution in [0.4, 0.5) is 0 Å². The number of carbonyl (C=O) groups is 2. The Hall–Kier alpha value is -2.34. The second kappa shape index (κ2) is 9.44. The summed E-state index contributed by atoms with van der Waals surface area (Å²) >= 11 is 1.75. The molecule has 3 rings (SSSR count). The third-order valence-electron chi connectivity index (χ3n) is 5.28. The maximum absolute atomic E-state index is 13.4. The largest absolute Gasteiger partial charge is 0.497 e. The molecule has 0 saturated carbocycles. The monoisotopic (exact) mass is 414 g/mol. The van der Waals surface area contributed by atoms with Gasteiger partial charge in [-0.15, -0.1) is 11.3 Å². The van der Waals surface area contributed by atoms with E-state index in [4.69, 9.17) is 4.74 Å². The van der Waals surface area contributed by atoms with Crippen LogP contribution in [0.2, 0.25) is 0 Å². The summed E-state index contributed by atoms with van der Waals surface area (Å²) < 4.78 is 5.29. The Labute approximate surface area is 177 Å². The second-order valence-corrected chi connectivity index (χ2v) is 8.83. The van der Waals surface area contributed by atoms with E-state index < -0.39 is 0 Å². The number of benzene rings is 1. The first-order valence-electron chi connectivity index (χ1n) is 10.2. The fourth-order valence-corrected chi connectivity index (χ4v) is 4.81. The SMILES string of the molecule is CCC(=O)N(CC(=O)N1CCc2sccc2[C@@H]1c1ccc(OC)cc1)CC(C)C. The van der Waals surface area contributed by atoms with Gasteiger partial charge < -0.3 is 14.5 Å². The molecule has 2 amide bonds. The normalized spacial score (nSPS) is 15.9. The van der Waals surface area contributed by atoms with Crippen LogP contribution in [0, 0.1) is 5.92 Å². The molecule has 0 unspecified atom stereocenters. The van der Waals surface area contributed by atoms with Crippen molar-refractivity contribution >= 4 is 23.2 Å². The van der Waals surface area contributed by atoms with E-state index >= 15 is 0 Å². The highest BCUT2D eigenvalue weighted by Crippen LogP contribution is 2.38. The standard InChI is InChI=1S/C23H30N2O3S/c1-5-21(26)24(14-16(2)3)15-22(27)25-12-10-20-19(11-13-29-20)23(25)17-6-8-18(28-4)9-7-17/h6-9,11,13,16,23H,5,10,12,14-15H2,1-4H3/t23-/m0/s1. The van der Waals surface area contributed by atoms with Gasteiger partial charge >= 0.3 is 0 Å². The molecule has 0 spiro atoms. The Balaban J connectivity index is 1.89. The molecule has 29 heavy (non-hydrogen) atoms. The number of carbonyl (C=O) groups excluding carboxylic acids is 2. The van der Waals surface area contributed by atoms with E-state index in [0.717, 1.165) is 17.7 Å². The lowest BCUT2D eigenvalue weighted by Gasteiger charge is -2.38. The Morgan fingerprint density at radius 3 is 2.59 bits per heavy atom. The van der Waals surface area contributed by atoms with E-state index in [1.807, 2.05) is 36.1 Å². The average molecular weight is 415 g/mol. The van der Waals surface area contributed by atoms with Crippen molar-refractivity contribution in [2.24, 2.45) is 5.92 Å². The van der Waals surface area contributed by atoms with E-state index in [1.54, 1.807) is 23.3 Å². The topological polar surface area (TPSA) is 49.9 Å². The summed E-state index contributed by atoms with van der Waals surface area (Å²) in [6.07, 6.45) is 1.27. The number of ether oxygens (including phenoxy) is 1. The van der Waals surface area contributed by atoms with E-state index in [0.29, 0.717) is 25.4 Å². The molecular weight excluding hydrogens is 384 g/mol. The first-order valence-corrected chi connectivity index (χ1v) is 11.1. The fraction of sp³-hybridized carbons (Fsp3) is 0.478. The second-order valence-electron chi connectivity index (χ2n) is 7.83. The van der Waals surface area contributed by atoms with Crippen molar-refractivity contribution in [3.8, 4) is 5.75 Å². The van der Waals surface area contributed by atoms with Crippen LogP contribution >= 0.6 is 11.3 Å². The predicted octanol–water partition coefficient (Wildman–Crippen LogP) is 4.13. The van der Waals surface area contributed by atoms with Gasteiger partial charge in [0.15, 0.2) is 0 Å². The van der Waals surface area contributed by atoms with Gasteiger partial charge in [0.25, 0.3) is 0 Å². The Bertz CT molecular complexity index is 844. The highest BCUT2D eigenvalue weighted by molar-refractivity contribution is 7.10. The van der Waals surface area contributed by atoms with Crippen molar-refractivity contribution < 1.29 is 14.3 Å². The number of fused-ring (bicyclic) bond motifs is 1. The molecule has 2 heterocycles. The fourth-order valence-electron chi connectivity index (χ4n) is 3.90. The minimum Gasteiger partial charge on any atom is -0.497 e. The number of amides is 2. The number of methoxy groups -OCH3 is 1. The van der Waals surface area contributed by atoms with Crippen molar-refractivity contribution in [2.75, 3.05) is 26.7 Å². The Morgan fingerprint density at radius 2 is 1.97 bits per heavy atom. The zero-order valence-corrected chi connectivity index (χ0v) is 18.5. The van der Waals surface area contributed by atoms with Gasteiger partial charge in [-0.3, -0.25) is 9.59 Å². The van der Waals surface area contributed by atoms with Gasteiger partial charge in [0.2, 0.25) is 11.8 Å². The summed E-state index contributed by atoms with van der Waals surface area (Å²) in [7, 11) is 1.65. The molecule has 0 N–H and O–H groups in total. The molecule has 1 aromatic carbocycles. The van der Waals surface area contributed by atoms with Crippen LogP contribution in [0.1, 0.15) is 49.2 Å². The zero-order chi connectivity index (χ0) is 21.0. The molecule has 6 heteroatoms. The molecule has 1 aromatic heterocycles. The first-order chi connectivity index (χ1) is 13.9. The lowest BCUT2D eigenvalue weighted by Crippen LogP contribution is -2.47. The number of rotatable bonds is 7. The smallest absolute Gasteiger partial charge is 0.242 e. The molecule has 0 radical (unpaired) electrons. The highest BCUT2D eigenvalue weighted by Gasteiger charge is 2.33. The van der Waals surface area contributed by atoms with E-state index in [1.165, 1.54) is 10.4 Å². The lowest BCUT2D eigenvalue weighted by atomic mass is 9.93. The van der Waals surface area contributed by atoms with Gasteiger partial charge in [0, 0.05) is 24.4 Å². The molecule has 5 nitrogen and oxygen atoms in total. The average Bonchev–Trinajstić information content (AvgIpc) is 3.20. The summed E-state index contributed by atoms with van der Waals surface area (Å²) in [5.74, 6) is 1.15. The first kappa shape index (κ1) is 21.4. The molecule has 1 atom stereocenters. The van der Waals surface area contributed by atoms with Crippen molar-refractivity contribution in [1.82, 2.24) is 9.80 Å². The van der Waals surface area contributed by atoms with Crippen molar-refractivity contribution in [2.45, 2.75) is 39.7 Å². The molecule has 0 bridgehead atoms. The minimum atomic E-state index is -0.124. The van der Waals surface area contributed by atoms with Gasteiger partial charge in [-0.25, -0.2) is 0 Å². The number of thiophene rings is 1. The molecule has 0 aliphatic carbocycles. The highest BCUT2D eigenvalue weighted by atomic mass is 32.1. The Morgan fingerprint density at radius 1 is 1.24 bits per heavy atom. The van der Waals surface area contributed by atoms with Crippen LogP contribution in [-0.2, 0) is 16.0 Å². The molecule has 1 aliphatic rings. The quantitative estimate of drug-likeness (QED) is 0.685. The molecule has 0 saturated heterocycles. The molecule has 156 valence electrons. The van der Waals surface area contributed by atoms with Crippen LogP contribution in [0.3, 0.4) is 0 Å². The Kier molecular flexibility index (Phi) is 6.96. The lowest BCUT2D eigenvalue weighted by molar-refractivity contribution is -0.142. The molecule has 0 fully saturated rings. The van der Waals surface area contributed by atoms with E-state index in [-0.39, 0.29) is 24.4 Å². The van der Waals surface area contributed by atoms with Crippen LogP contribution in [0.25, 0.3) is 0 Å². The van der Waals surface area contributed by atoms with E-state index in [2.05, 4.69) is 25.3 Å². The maximum Gasteiger partial charge on any atom is 0.242 e. The van der Waals surface area contributed by atoms with Crippen LogP contribution in [-0.4, -0.2) is 48.4 Å². The minimum absolute atomic E-state index is 0.00474. The van der Waals surface area contributed by atoms with Gasteiger partial charge in [0.05, 0.1) is 19.7 Å². The number of hydrogen-bond acceptors (Lipinski definition) is 4. The third kappa shape index (κ3) is 4.81. The molecule has 2 aromatic rings. The summed E-state index contributed by atoms with van der Waals surface area (Å²) in [6, 6.07) is 9.92. The number of hydrogen-bond donors (Lipinski definition) is 0. The van der Waals surface area contributed by atoms with Gasteiger partial charge in [-0.05, 0) is 47.0 Å². The summed E-state index contributed by atoms with van der Waals surface area (Å²) in [5.41, 5.74) is 2.26. The number of nitrogens with zero attached hydrogens (tertiary/aromatic N) is 2. The maximum atomic E-state index is 13.4. The molecule has 1 aliphatic heterocycles. The van der Waals surface area contributed by atoms with Gasteiger partial charge in [-0.1, -0.05) is 32.9 Å². The van der Waals surface area contributed by atoms with Crippen molar-refractivity contribution in [3.05, 3.63) is 51.7 Å². The third-order valence-corrected chi connectivity index (χ3v) is 6.28. The van der Waals surface area contributed by atoms with Gasteiger partial charge in [0.1, 0.15) is 5.75 Å². The summed E-state index contributed by atoms with van der Waals surface area (Å²) in [4.78, 5) is 30.7. The van der Waals surface area contributed by atoms with Crippen molar-refractivity contribution in [1.29, 1.82) is 0 Å². The van der Waals surface area contributed by atoms with Gasteiger partial charge in [-0.2, -0.15) is 0 Å². The van der Waals surface area contributed by atoms with Crippen molar-refractivity contribution in [3.63, 3.8) is 0 Å². The summed E-state index contributed by atoms with van der Waals surface area (Å²) in [5, 5.41) is 2.10. The zero-order valence-electron chi connectivity index (χ0n) is 17.7. The van der Waals surface area contributed by atoms with E-state index in [9.17, 15) is 9.59 Å². The molecular formula is C23H30N2O3S. The predicted molar refractivity (Wildman–Crippen MR) is 116 cm³/mol. The summed E-state index contributed by atoms with van der Waals surface area (Å²) in [6.45, 7) is 7.38. The van der Waals surface area contributed by atoms with Crippen LogP contribution < -0.4 is 4.74 Å².